The lowest BCUT2D eigenvalue weighted by Gasteiger charge is -2.04. The fourth-order valence-corrected chi connectivity index (χ4v) is 1.97. The van der Waals surface area contributed by atoms with Crippen molar-refractivity contribution in [3.8, 4) is 0 Å². The van der Waals surface area contributed by atoms with Crippen LogP contribution in [0.3, 0.4) is 0 Å². The van der Waals surface area contributed by atoms with E-state index in [-0.39, 0.29) is 23.9 Å². The highest BCUT2D eigenvalue weighted by Crippen LogP contribution is 2.05. The van der Waals surface area contributed by atoms with Crippen molar-refractivity contribution in [2.45, 2.75) is 26.0 Å². The predicted octanol–water partition coefficient (Wildman–Crippen LogP) is -2.56. The van der Waals surface area contributed by atoms with E-state index in [2.05, 4.69) is 4.98 Å². The smallest absolute Gasteiger partial charge is 0.311 e. The quantitative estimate of drug-likeness (QED) is 0.377. The molecule has 1 atom stereocenters. The molecule has 12 heteroatoms. The first-order valence-corrected chi connectivity index (χ1v) is 9.03. The number of nitrogens with two attached hydrogens (primary N) is 1. The van der Waals surface area contributed by atoms with Gasteiger partial charge in [-0.1, -0.05) is 11.9 Å². The SMILES string of the molecule is CCS(=O)(=O)[O-].Cn1c(N)nc2c(c1=O)n(C)c[n+]2CCC(O)CO. The maximum atomic E-state index is 12.1. The van der Waals surface area contributed by atoms with Gasteiger partial charge >= 0.3 is 11.2 Å². The molecule has 0 spiro atoms. The Labute approximate surface area is 144 Å². The van der Waals surface area contributed by atoms with Gasteiger partial charge in [-0.05, 0) is 0 Å². The zero-order valence-corrected chi connectivity index (χ0v) is 15.1. The maximum Gasteiger partial charge on any atom is 0.311 e. The number of aliphatic hydroxyl groups excluding tert-OH is 2. The van der Waals surface area contributed by atoms with Crippen molar-refractivity contribution >= 4 is 27.2 Å². The zero-order chi connectivity index (χ0) is 19.4. The Hall–Kier alpha value is -2.02. The van der Waals surface area contributed by atoms with Gasteiger partial charge < -0.3 is 20.5 Å². The monoisotopic (exact) mass is 377 g/mol. The van der Waals surface area contributed by atoms with E-state index in [1.165, 1.54) is 11.5 Å². The summed E-state index contributed by atoms with van der Waals surface area (Å²) in [5.41, 5.74) is 6.40. The molecule has 2 aromatic rings. The minimum Gasteiger partial charge on any atom is -0.748 e. The van der Waals surface area contributed by atoms with Gasteiger partial charge in [-0.2, -0.15) is 0 Å². The predicted molar refractivity (Wildman–Crippen MR) is 88.5 cm³/mol. The van der Waals surface area contributed by atoms with Crippen LogP contribution in [0, 0.1) is 0 Å². The fourth-order valence-electron chi connectivity index (χ4n) is 1.97. The van der Waals surface area contributed by atoms with Crippen LogP contribution < -0.4 is 15.9 Å². The molecule has 0 amide bonds. The van der Waals surface area contributed by atoms with Gasteiger partial charge in [0, 0.05) is 19.2 Å². The first-order valence-electron chi connectivity index (χ1n) is 7.45. The molecule has 4 N–H and O–H groups in total. The normalized spacial score (nSPS) is 12.7. The Morgan fingerprint density at radius 1 is 1.44 bits per heavy atom. The number of anilines is 1. The van der Waals surface area contributed by atoms with Crippen molar-refractivity contribution in [3.05, 3.63) is 16.7 Å². The van der Waals surface area contributed by atoms with Crippen LogP contribution in [0.25, 0.3) is 11.2 Å². The summed E-state index contributed by atoms with van der Waals surface area (Å²) < 4.78 is 33.0. The number of nitrogens with zero attached hydrogens (tertiary/aromatic N) is 4. The Bertz CT molecular complexity index is 888. The van der Waals surface area contributed by atoms with Crippen molar-refractivity contribution in [2.75, 3.05) is 18.1 Å². The van der Waals surface area contributed by atoms with E-state index in [1.807, 2.05) is 0 Å². The summed E-state index contributed by atoms with van der Waals surface area (Å²) in [5.74, 6) is -0.173. The van der Waals surface area contributed by atoms with Gasteiger partial charge in [0.2, 0.25) is 5.52 Å². The molecule has 11 nitrogen and oxygen atoms in total. The van der Waals surface area contributed by atoms with E-state index < -0.39 is 16.2 Å². The van der Waals surface area contributed by atoms with Gasteiger partial charge in [0.1, 0.15) is 0 Å². The Kier molecular flexibility index (Phi) is 7.05. The molecule has 25 heavy (non-hydrogen) atoms. The molecule has 0 aromatic carbocycles. The highest BCUT2D eigenvalue weighted by molar-refractivity contribution is 7.85. The zero-order valence-electron chi connectivity index (χ0n) is 14.3. The number of hydrogen-bond donors (Lipinski definition) is 3. The van der Waals surface area contributed by atoms with Crippen LogP contribution in [0.5, 0.6) is 0 Å². The average Bonchev–Trinajstić information content (AvgIpc) is 2.86. The third-order valence-corrected chi connectivity index (χ3v) is 4.20. The van der Waals surface area contributed by atoms with Crippen molar-refractivity contribution in [1.29, 1.82) is 0 Å². The molecule has 0 saturated carbocycles. The number of rotatable bonds is 5. The van der Waals surface area contributed by atoms with Gasteiger partial charge in [-0.15, -0.1) is 0 Å². The van der Waals surface area contributed by atoms with Crippen molar-refractivity contribution in [2.24, 2.45) is 14.1 Å². The third-order valence-electron chi connectivity index (χ3n) is 3.49. The van der Waals surface area contributed by atoms with E-state index >= 15 is 0 Å². The van der Waals surface area contributed by atoms with Gasteiger partial charge in [0.25, 0.3) is 5.95 Å². The molecule has 142 valence electrons. The molecule has 0 saturated heterocycles. The molecule has 0 aliphatic rings. The van der Waals surface area contributed by atoms with Crippen LogP contribution >= 0.6 is 0 Å². The number of aryl methyl sites for hydroxylation is 2. The van der Waals surface area contributed by atoms with Crippen LogP contribution in [0.4, 0.5) is 5.95 Å². The van der Waals surface area contributed by atoms with E-state index in [4.69, 9.17) is 10.8 Å². The highest BCUT2D eigenvalue weighted by atomic mass is 32.2. The molecule has 0 bridgehead atoms. The van der Waals surface area contributed by atoms with Crippen LogP contribution in [0.1, 0.15) is 13.3 Å². The molecule has 1 unspecified atom stereocenters. The Morgan fingerprint density at radius 3 is 2.48 bits per heavy atom. The number of fused-ring (bicyclic) bond motifs is 1. The summed E-state index contributed by atoms with van der Waals surface area (Å²) in [4.78, 5) is 16.3. The van der Waals surface area contributed by atoms with Crippen LogP contribution in [-0.2, 0) is 30.8 Å². The second-order valence-corrected chi connectivity index (χ2v) is 7.09. The highest BCUT2D eigenvalue weighted by Gasteiger charge is 2.21. The van der Waals surface area contributed by atoms with Crippen LogP contribution in [0.2, 0.25) is 0 Å². The molecule has 0 radical (unpaired) electrons. The van der Waals surface area contributed by atoms with Gasteiger partial charge in [0.15, 0.2) is 6.33 Å². The molecule has 2 heterocycles. The van der Waals surface area contributed by atoms with E-state index in [0.29, 0.717) is 24.1 Å². The lowest BCUT2D eigenvalue weighted by Crippen LogP contribution is -2.36. The van der Waals surface area contributed by atoms with Crippen molar-refractivity contribution in [1.82, 2.24) is 14.1 Å². The molecule has 0 aliphatic carbocycles. The molecular formula is C13H23N5O6S. The van der Waals surface area contributed by atoms with Gasteiger partial charge in [-0.25, -0.2) is 13.0 Å². The number of aromatic nitrogens is 4. The number of nitrogen functional groups attached to an aromatic ring is 1. The number of aliphatic hydroxyl groups is 2. The van der Waals surface area contributed by atoms with E-state index in [9.17, 15) is 22.9 Å². The number of hydrogen-bond acceptors (Lipinski definition) is 8. The van der Waals surface area contributed by atoms with E-state index in [0.717, 1.165) is 0 Å². The second-order valence-electron chi connectivity index (χ2n) is 5.40. The Morgan fingerprint density at radius 2 is 2.00 bits per heavy atom. The number of imidazole rings is 1. The minimum absolute atomic E-state index is 0.139. The Balaban J connectivity index is 0.000000450. The largest absolute Gasteiger partial charge is 0.748 e. The fraction of sp³-hybridized carbons (Fsp3) is 0.615. The molecular weight excluding hydrogens is 354 g/mol. The summed E-state index contributed by atoms with van der Waals surface area (Å²) in [6.07, 6.45) is 1.31. The molecule has 2 rings (SSSR count). The lowest BCUT2D eigenvalue weighted by molar-refractivity contribution is -0.675. The van der Waals surface area contributed by atoms with Crippen molar-refractivity contribution in [3.63, 3.8) is 0 Å². The summed E-state index contributed by atoms with van der Waals surface area (Å²) >= 11 is 0. The molecule has 0 fully saturated rings. The molecule has 2 aromatic heterocycles. The summed E-state index contributed by atoms with van der Waals surface area (Å²) in [7, 11) is -0.595. The van der Waals surface area contributed by atoms with Crippen molar-refractivity contribution < 1.29 is 27.8 Å². The lowest BCUT2D eigenvalue weighted by atomic mass is 10.3. The standard InChI is InChI=1S/C11H17N5O3.C2H6O3S/c1-14-6-16(4-3-7(18)5-17)9-8(14)10(19)15(2)11(12)13-9;1-2-6(3,4)5/h6-7,17-18H,3-5H2,1-2H3,(H-,12,13,19);2H2,1H3,(H,3,4,5). The van der Waals surface area contributed by atoms with Crippen LogP contribution in [-0.4, -0.2) is 55.8 Å². The molecule has 0 aliphatic heterocycles. The third kappa shape index (κ3) is 5.49. The average molecular weight is 377 g/mol. The van der Waals surface area contributed by atoms with E-state index in [1.54, 1.807) is 29.6 Å². The minimum atomic E-state index is -3.91. The topological polar surface area (TPSA) is 167 Å². The maximum absolute atomic E-state index is 12.1. The van der Waals surface area contributed by atoms with Gasteiger partial charge in [0.05, 0.1) is 36.4 Å². The summed E-state index contributed by atoms with van der Waals surface area (Å²) in [5, 5.41) is 18.2. The first kappa shape index (κ1) is 21.0. The first-order chi connectivity index (χ1) is 11.5. The van der Waals surface area contributed by atoms with Gasteiger partial charge in [-0.3, -0.25) is 13.9 Å². The second kappa shape index (κ2) is 8.38. The summed E-state index contributed by atoms with van der Waals surface area (Å²) in [6, 6.07) is 0. The summed E-state index contributed by atoms with van der Waals surface area (Å²) in [6.45, 7) is 1.46. The van der Waals surface area contributed by atoms with Crippen LogP contribution in [0.15, 0.2) is 11.1 Å².